The van der Waals surface area contributed by atoms with Gasteiger partial charge in [-0.3, -0.25) is 4.57 Å². The van der Waals surface area contributed by atoms with E-state index in [1.54, 1.807) is 30.5 Å². The predicted octanol–water partition coefficient (Wildman–Crippen LogP) is 1.99. The van der Waals surface area contributed by atoms with Gasteiger partial charge in [-0.05, 0) is 18.4 Å². The first kappa shape index (κ1) is 8.31. The van der Waals surface area contributed by atoms with Gasteiger partial charge in [0.15, 0.2) is 5.82 Å². The quantitative estimate of drug-likeness (QED) is 0.680. The lowest BCUT2D eigenvalue weighted by Crippen LogP contribution is -1.95. The fourth-order valence-corrected chi connectivity index (χ4v) is 1.68. The summed E-state index contributed by atoms with van der Waals surface area (Å²) >= 11 is 1.68. The van der Waals surface area contributed by atoms with Crippen molar-refractivity contribution in [3.05, 3.63) is 37.1 Å². The molecule has 2 aromatic rings. The lowest BCUT2D eigenvalue weighted by atomic mass is 10.4. The first-order valence-corrected chi connectivity index (χ1v) is 5.11. The minimum absolute atomic E-state index is 0.938. The molecule has 0 N–H and O–H groups in total. The highest BCUT2D eigenvalue weighted by Gasteiger charge is 2.02. The van der Waals surface area contributed by atoms with Gasteiger partial charge in [-0.1, -0.05) is 0 Å². The topological polar surface area (TPSA) is 30.7 Å². The van der Waals surface area contributed by atoms with Crippen molar-refractivity contribution < 1.29 is 0 Å². The van der Waals surface area contributed by atoms with Crippen LogP contribution >= 0.6 is 11.8 Å². The Morgan fingerprint density at radius 2 is 2.31 bits per heavy atom. The highest BCUT2D eigenvalue weighted by molar-refractivity contribution is 7.98. The molecule has 0 saturated heterocycles. The van der Waals surface area contributed by atoms with Crippen molar-refractivity contribution in [1.29, 1.82) is 0 Å². The monoisotopic (exact) mass is 191 g/mol. The summed E-state index contributed by atoms with van der Waals surface area (Å²) in [6.07, 6.45) is 9.22. The first-order chi connectivity index (χ1) is 6.42. The maximum atomic E-state index is 4.29. The van der Waals surface area contributed by atoms with Crippen LogP contribution in [0.25, 0.3) is 5.82 Å². The molecule has 0 amide bonds. The zero-order valence-corrected chi connectivity index (χ0v) is 8.03. The molecule has 13 heavy (non-hydrogen) atoms. The third-order valence-corrected chi connectivity index (χ3v) is 2.48. The van der Waals surface area contributed by atoms with Gasteiger partial charge < -0.3 is 0 Å². The van der Waals surface area contributed by atoms with Gasteiger partial charge in [0.1, 0.15) is 6.33 Å². The Morgan fingerprint density at radius 3 is 3.00 bits per heavy atom. The van der Waals surface area contributed by atoms with Crippen molar-refractivity contribution in [2.75, 3.05) is 6.26 Å². The Morgan fingerprint density at radius 1 is 1.38 bits per heavy atom. The number of nitrogens with zero attached hydrogens (tertiary/aromatic N) is 3. The van der Waals surface area contributed by atoms with Crippen molar-refractivity contribution in [1.82, 2.24) is 14.5 Å². The van der Waals surface area contributed by atoms with Crippen LogP contribution in [0, 0.1) is 0 Å². The summed E-state index contributed by atoms with van der Waals surface area (Å²) in [6, 6.07) is 3.99. The zero-order chi connectivity index (χ0) is 9.10. The Kier molecular flexibility index (Phi) is 2.31. The number of imidazole rings is 1. The molecule has 2 heterocycles. The van der Waals surface area contributed by atoms with Gasteiger partial charge in [0.25, 0.3) is 0 Å². The smallest absolute Gasteiger partial charge is 0.151 e. The highest BCUT2D eigenvalue weighted by Crippen LogP contribution is 2.20. The molecule has 2 aromatic heterocycles. The van der Waals surface area contributed by atoms with Crippen molar-refractivity contribution >= 4 is 11.8 Å². The molecular weight excluding hydrogens is 182 g/mol. The van der Waals surface area contributed by atoms with E-state index in [1.165, 1.54) is 0 Å². The zero-order valence-electron chi connectivity index (χ0n) is 7.21. The minimum atomic E-state index is 0.938. The summed E-state index contributed by atoms with van der Waals surface area (Å²) in [6.45, 7) is 0. The number of hydrogen-bond donors (Lipinski definition) is 0. The molecule has 0 bridgehead atoms. The summed E-state index contributed by atoms with van der Waals surface area (Å²) in [5, 5.41) is 0. The maximum absolute atomic E-state index is 4.29. The molecule has 66 valence electrons. The SMILES string of the molecule is CSc1cccnc1-n1ccnc1. The molecule has 0 aliphatic carbocycles. The van der Waals surface area contributed by atoms with Gasteiger partial charge in [0, 0.05) is 18.6 Å². The van der Waals surface area contributed by atoms with Crippen LogP contribution in [0.15, 0.2) is 41.9 Å². The van der Waals surface area contributed by atoms with Crippen molar-refractivity contribution in [2.45, 2.75) is 4.90 Å². The van der Waals surface area contributed by atoms with E-state index < -0.39 is 0 Å². The second kappa shape index (κ2) is 3.62. The van der Waals surface area contributed by atoms with Crippen LogP contribution in [0.2, 0.25) is 0 Å². The lowest BCUT2D eigenvalue weighted by Gasteiger charge is -2.04. The Balaban J connectivity index is 2.51. The van der Waals surface area contributed by atoms with Crippen molar-refractivity contribution in [2.24, 2.45) is 0 Å². The minimum Gasteiger partial charge on any atom is -0.290 e. The van der Waals surface area contributed by atoms with E-state index in [2.05, 4.69) is 9.97 Å². The fourth-order valence-electron chi connectivity index (χ4n) is 1.12. The molecule has 2 rings (SSSR count). The van der Waals surface area contributed by atoms with Crippen LogP contribution in [0.4, 0.5) is 0 Å². The maximum Gasteiger partial charge on any atom is 0.151 e. The van der Waals surface area contributed by atoms with E-state index in [0.717, 1.165) is 10.7 Å². The van der Waals surface area contributed by atoms with Crippen LogP contribution in [0.1, 0.15) is 0 Å². The van der Waals surface area contributed by atoms with Crippen LogP contribution in [0.5, 0.6) is 0 Å². The molecular formula is C9H9N3S. The van der Waals surface area contributed by atoms with E-state index in [0.29, 0.717) is 0 Å². The Labute approximate surface area is 80.8 Å². The number of aromatic nitrogens is 3. The molecule has 0 radical (unpaired) electrons. The van der Waals surface area contributed by atoms with Crippen LogP contribution in [-0.4, -0.2) is 20.8 Å². The molecule has 4 heteroatoms. The van der Waals surface area contributed by atoms with Gasteiger partial charge in [-0.2, -0.15) is 0 Å². The van der Waals surface area contributed by atoms with Crippen LogP contribution in [-0.2, 0) is 0 Å². The van der Waals surface area contributed by atoms with Crippen LogP contribution < -0.4 is 0 Å². The molecule has 0 aliphatic rings. The molecule has 0 aromatic carbocycles. The molecule has 0 atom stereocenters. The molecule has 0 saturated carbocycles. The summed E-state index contributed by atoms with van der Waals surface area (Å²) in [4.78, 5) is 9.44. The number of thioether (sulfide) groups is 1. The van der Waals surface area contributed by atoms with E-state index in [9.17, 15) is 0 Å². The third kappa shape index (κ3) is 1.58. The number of rotatable bonds is 2. The number of hydrogen-bond acceptors (Lipinski definition) is 3. The average molecular weight is 191 g/mol. The third-order valence-electron chi connectivity index (χ3n) is 1.72. The van der Waals surface area contributed by atoms with Gasteiger partial charge in [-0.25, -0.2) is 9.97 Å². The van der Waals surface area contributed by atoms with Gasteiger partial charge >= 0.3 is 0 Å². The molecule has 0 fully saturated rings. The van der Waals surface area contributed by atoms with Crippen LogP contribution in [0.3, 0.4) is 0 Å². The first-order valence-electron chi connectivity index (χ1n) is 3.89. The standard InChI is InChI=1S/C9H9N3S/c1-13-8-3-2-4-11-9(8)12-6-5-10-7-12/h2-7H,1H3. The summed E-state index contributed by atoms with van der Waals surface area (Å²) in [5.41, 5.74) is 0. The second-order valence-corrected chi connectivity index (χ2v) is 3.35. The summed E-state index contributed by atoms with van der Waals surface area (Å²) in [7, 11) is 0. The van der Waals surface area contributed by atoms with Gasteiger partial charge in [0.2, 0.25) is 0 Å². The number of pyridine rings is 1. The van der Waals surface area contributed by atoms with Gasteiger partial charge in [0.05, 0.1) is 4.90 Å². The highest BCUT2D eigenvalue weighted by atomic mass is 32.2. The second-order valence-electron chi connectivity index (χ2n) is 2.50. The van der Waals surface area contributed by atoms with E-state index in [4.69, 9.17) is 0 Å². The fraction of sp³-hybridized carbons (Fsp3) is 0.111. The van der Waals surface area contributed by atoms with Gasteiger partial charge in [-0.15, -0.1) is 11.8 Å². The summed E-state index contributed by atoms with van der Waals surface area (Å²) < 4.78 is 1.91. The van der Waals surface area contributed by atoms with E-state index in [1.807, 2.05) is 29.2 Å². The molecule has 0 spiro atoms. The molecule has 3 nitrogen and oxygen atoms in total. The average Bonchev–Trinajstić information content (AvgIpc) is 2.70. The molecule has 0 aliphatic heterocycles. The van der Waals surface area contributed by atoms with E-state index in [-0.39, 0.29) is 0 Å². The predicted molar refractivity (Wildman–Crippen MR) is 53.1 cm³/mol. The lowest BCUT2D eigenvalue weighted by molar-refractivity contribution is 0.955. The molecule has 0 unspecified atom stereocenters. The van der Waals surface area contributed by atoms with Crippen molar-refractivity contribution in [3.63, 3.8) is 0 Å². The Bertz CT molecular complexity index is 384. The van der Waals surface area contributed by atoms with Crippen molar-refractivity contribution in [3.8, 4) is 5.82 Å². The Hall–Kier alpha value is -1.29. The normalized spacial score (nSPS) is 10.2. The summed E-state index contributed by atoms with van der Waals surface area (Å²) in [5.74, 6) is 0.938. The largest absolute Gasteiger partial charge is 0.290 e. The van der Waals surface area contributed by atoms with E-state index >= 15 is 0 Å².